The zero-order valence-electron chi connectivity index (χ0n) is 18.4. The van der Waals surface area contributed by atoms with Gasteiger partial charge in [0.2, 0.25) is 11.8 Å². The van der Waals surface area contributed by atoms with Gasteiger partial charge in [-0.1, -0.05) is 26.0 Å². The molecule has 0 unspecified atom stereocenters. The van der Waals surface area contributed by atoms with Gasteiger partial charge in [-0.05, 0) is 25.2 Å². The van der Waals surface area contributed by atoms with Crippen LogP contribution in [0.25, 0.3) is 0 Å². The van der Waals surface area contributed by atoms with E-state index in [9.17, 15) is 14.4 Å². The van der Waals surface area contributed by atoms with Crippen molar-refractivity contribution in [1.29, 1.82) is 0 Å². The molecule has 0 aliphatic rings. The highest BCUT2D eigenvalue weighted by molar-refractivity contribution is 5.86. The Morgan fingerprint density at radius 3 is 2.47 bits per heavy atom. The molecule has 0 heterocycles. The average molecular weight is 427 g/mol. The van der Waals surface area contributed by atoms with Crippen LogP contribution in [-0.4, -0.2) is 61.9 Å². The molecule has 8 nitrogen and oxygen atoms in total. The van der Waals surface area contributed by atoms with Crippen molar-refractivity contribution in [3.8, 4) is 0 Å². The van der Waals surface area contributed by atoms with Gasteiger partial charge in [0.15, 0.2) is 0 Å². The Kier molecular flexibility index (Phi) is 16.4. The highest BCUT2D eigenvalue weighted by Crippen LogP contribution is 2.12. The van der Waals surface area contributed by atoms with Crippen LogP contribution in [0.2, 0.25) is 0 Å². The van der Waals surface area contributed by atoms with E-state index in [1.165, 1.54) is 0 Å². The quantitative estimate of drug-likeness (QED) is 0.175. The van der Waals surface area contributed by atoms with Crippen molar-refractivity contribution in [3.05, 3.63) is 25.3 Å². The lowest BCUT2D eigenvalue weighted by Crippen LogP contribution is -2.45. The fraction of sp³-hybridized carbons (Fsp3) is 0.682. The molecular weight excluding hydrogens is 388 g/mol. The second-order valence-corrected chi connectivity index (χ2v) is 7.33. The van der Waals surface area contributed by atoms with Crippen LogP contribution in [0.3, 0.4) is 0 Å². The van der Waals surface area contributed by atoms with Gasteiger partial charge < -0.3 is 25.2 Å². The van der Waals surface area contributed by atoms with Crippen molar-refractivity contribution in [2.24, 2.45) is 11.8 Å². The van der Waals surface area contributed by atoms with Crippen LogP contribution >= 0.6 is 0 Å². The Labute approximate surface area is 180 Å². The molecule has 0 aliphatic heterocycles. The zero-order valence-corrected chi connectivity index (χ0v) is 18.4. The fourth-order valence-corrected chi connectivity index (χ4v) is 2.56. The predicted octanol–water partition coefficient (Wildman–Crippen LogP) is 1.73. The first-order chi connectivity index (χ1) is 14.3. The van der Waals surface area contributed by atoms with Gasteiger partial charge in [-0.3, -0.25) is 14.4 Å². The lowest BCUT2D eigenvalue weighted by atomic mass is 9.97. The fourth-order valence-electron chi connectivity index (χ4n) is 2.56. The number of nitrogens with one attached hydrogen (secondary N) is 2. The standard InChI is InChI=1S/C22H38N2O6/c1-5-7-8-10-21(27)30-16-19(17(3)4)24-22(28)18(9-6-2)15-20(26)23-11-13-29-14-12-25/h5-6,17-19,25H,1-2,7-16H2,3-4H3,(H,23,26)(H,24,28)/t18-,19-/m1/s1. The Bertz CT molecular complexity index is 536. The molecule has 0 rings (SSSR count). The molecule has 0 saturated heterocycles. The van der Waals surface area contributed by atoms with E-state index >= 15 is 0 Å². The highest BCUT2D eigenvalue weighted by Gasteiger charge is 2.25. The maximum Gasteiger partial charge on any atom is 0.305 e. The second kappa shape index (κ2) is 17.7. The minimum Gasteiger partial charge on any atom is -0.463 e. The molecule has 0 aromatic carbocycles. The smallest absolute Gasteiger partial charge is 0.305 e. The molecule has 0 aliphatic carbocycles. The first kappa shape index (κ1) is 27.8. The molecule has 3 N–H and O–H groups in total. The van der Waals surface area contributed by atoms with Gasteiger partial charge in [0.1, 0.15) is 6.61 Å². The number of hydrogen-bond donors (Lipinski definition) is 3. The summed E-state index contributed by atoms with van der Waals surface area (Å²) in [6.07, 6.45) is 5.47. The van der Waals surface area contributed by atoms with E-state index in [1.54, 1.807) is 12.2 Å². The molecule has 0 saturated carbocycles. The van der Waals surface area contributed by atoms with Crippen molar-refractivity contribution in [1.82, 2.24) is 10.6 Å². The normalized spacial score (nSPS) is 12.7. The molecule has 0 aromatic rings. The van der Waals surface area contributed by atoms with Crippen LogP contribution in [0.5, 0.6) is 0 Å². The van der Waals surface area contributed by atoms with Crippen molar-refractivity contribution in [2.45, 2.75) is 52.0 Å². The van der Waals surface area contributed by atoms with Crippen LogP contribution in [0.1, 0.15) is 46.0 Å². The maximum atomic E-state index is 12.7. The summed E-state index contributed by atoms with van der Waals surface area (Å²) >= 11 is 0. The van der Waals surface area contributed by atoms with Crippen molar-refractivity contribution in [2.75, 3.05) is 33.0 Å². The third-order valence-corrected chi connectivity index (χ3v) is 4.40. The van der Waals surface area contributed by atoms with Crippen molar-refractivity contribution < 1.29 is 29.0 Å². The number of ether oxygens (including phenoxy) is 2. The van der Waals surface area contributed by atoms with Gasteiger partial charge in [0.25, 0.3) is 0 Å². The molecule has 0 spiro atoms. The first-order valence-corrected chi connectivity index (χ1v) is 10.5. The van der Waals surface area contributed by atoms with Gasteiger partial charge in [0.05, 0.1) is 31.8 Å². The molecular formula is C22H38N2O6. The number of esters is 1. The average Bonchev–Trinajstić information content (AvgIpc) is 2.70. The Hall–Kier alpha value is -2.19. The van der Waals surface area contributed by atoms with E-state index in [4.69, 9.17) is 14.6 Å². The van der Waals surface area contributed by atoms with Crippen LogP contribution < -0.4 is 10.6 Å². The Balaban J connectivity index is 4.59. The number of allylic oxidation sites excluding steroid dienone is 2. The monoisotopic (exact) mass is 426 g/mol. The summed E-state index contributed by atoms with van der Waals surface area (Å²) in [6.45, 7) is 12.0. The van der Waals surface area contributed by atoms with Gasteiger partial charge in [-0.2, -0.15) is 0 Å². The van der Waals surface area contributed by atoms with Crippen molar-refractivity contribution in [3.63, 3.8) is 0 Å². The van der Waals surface area contributed by atoms with Crippen LogP contribution in [0, 0.1) is 11.8 Å². The number of hydrogen-bond acceptors (Lipinski definition) is 6. The van der Waals surface area contributed by atoms with Gasteiger partial charge in [-0.25, -0.2) is 0 Å². The predicted molar refractivity (Wildman–Crippen MR) is 116 cm³/mol. The number of unbranched alkanes of at least 4 members (excludes halogenated alkanes) is 1. The van der Waals surface area contributed by atoms with Gasteiger partial charge >= 0.3 is 5.97 Å². The highest BCUT2D eigenvalue weighted by atomic mass is 16.5. The van der Waals surface area contributed by atoms with Crippen molar-refractivity contribution >= 4 is 17.8 Å². The van der Waals surface area contributed by atoms with E-state index in [0.717, 1.165) is 6.42 Å². The summed E-state index contributed by atoms with van der Waals surface area (Å²) in [5.74, 6) is -1.35. The summed E-state index contributed by atoms with van der Waals surface area (Å²) in [6, 6.07) is -0.344. The number of rotatable bonds is 18. The molecule has 30 heavy (non-hydrogen) atoms. The number of aliphatic hydroxyl groups is 1. The van der Waals surface area contributed by atoms with E-state index in [1.807, 2.05) is 13.8 Å². The summed E-state index contributed by atoms with van der Waals surface area (Å²) in [5.41, 5.74) is 0. The summed E-state index contributed by atoms with van der Waals surface area (Å²) in [4.78, 5) is 36.6. The number of aliphatic hydroxyl groups excluding tert-OH is 1. The number of carbonyl (C=O) groups excluding carboxylic acids is 3. The third kappa shape index (κ3) is 13.9. The molecule has 0 aromatic heterocycles. The Morgan fingerprint density at radius 1 is 1.13 bits per heavy atom. The molecule has 8 heteroatoms. The first-order valence-electron chi connectivity index (χ1n) is 10.5. The van der Waals surface area contributed by atoms with Crippen LogP contribution in [0.15, 0.2) is 25.3 Å². The number of amides is 2. The lowest BCUT2D eigenvalue weighted by molar-refractivity contribution is -0.145. The molecule has 0 fully saturated rings. The summed E-state index contributed by atoms with van der Waals surface area (Å²) < 4.78 is 10.4. The largest absolute Gasteiger partial charge is 0.463 e. The van der Waals surface area contributed by atoms with Gasteiger partial charge in [-0.15, -0.1) is 13.2 Å². The summed E-state index contributed by atoms with van der Waals surface area (Å²) in [5, 5.41) is 14.2. The second-order valence-electron chi connectivity index (χ2n) is 7.33. The van der Waals surface area contributed by atoms with E-state index in [-0.39, 0.29) is 62.6 Å². The van der Waals surface area contributed by atoms with E-state index < -0.39 is 5.92 Å². The van der Waals surface area contributed by atoms with E-state index in [0.29, 0.717) is 25.8 Å². The van der Waals surface area contributed by atoms with Crippen LogP contribution in [-0.2, 0) is 23.9 Å². The maximum absolute atomic E-state index is 12.7. The lowest BCUT2D eigenvalue weighted by Gasteiger charge is -2.25. The van der Waals surface area contributed by atoms with Crippen LogP contribution in [0.4, 0.5) is 0 Å². The zero-order chi connectivity index (χ0) is 22.8. The Morgan fingerprint density at radius 2 is 1.87 bits per heavy atom. The molecule has 0 bridgehead atoms. The minimum absolute atomic E-state index is 0.0179. The summed E-state index contributed by atoms with van der Waals surface area (Å²) in [7, 11) is 0. The molecule has 172 valence electrons. The minimum atomic E-state index is -0.564. The molecule has 2 amide bonds. The molecule has 2 atom stereocenters. The molecule has 0 radical (unpaired) electrons. The van der Waals surface area contributed by atoms with Gasteiger partial charge in [0, 0.05) is 19.4 Å². The third-order valence-electron chi connectivity index (χ3n) is 4.40. The van der Waals surface area contributed by atoms with E-state index in [2.05, 4.69) is 23.8 Å². The topological polar surface area (TPSA) is 114 Å². The SMILES string of the molecule is C=CCCCC(=O)OC[C@@H](NC(=O)[C@H](CC=C)CC(=O)NCCOCCO)C(C)C. The number of carbonyl (C=O) groups is 3.